The second-order valence-corrected chi connectivity index (χ2v) is 4.23. The molecule has 0 saturated heterocycles. The highest BCUT2D eigenvalue weighted by Gasteiger charge is 2.17. The van der Waals surface area contributed by atoms with Crippen LogP contribution in [0.4, 0.5) is 0 Å². The van der Waals surface area contributed by atoms with Crippen LogP contribution < -0.4 is 4.74 Å². The number of aliphatic hydroxyl groups excluding tert-OH is 1. The lowest BCUT2D eigenvalue weighted by molar-refractivity contribution is -0.168. The van der Waals surface area contributed by atoms with Crippen molar-refractivity contribution in [1.82, 2.24) is 5.06 Å². The molecular formula is C14H21NO4. The van der Waals surface area contributed by atoms with Gasteiger partial charge in [-0.3, -0.25) is 9.63 Å². The fourth-order valence-electron chi connectivity index (χ4n) is 1.91. The van der Waals surface area contributed by atoms with Crippen LogP contribution in [-0.2, 0) is 9.63 Å². The van der Waals surface area contributed by atoms with Gasteiger partial charge in [0, 0.05) is 19.4 Å². The Morgan fingerprint density at radius 1 is 1.37 bits per heavy atom. The molecule has 19 heavy (non-hydrogen) atoms. The Kier molecular flexibility index (Phi) is 6.32. The molecule has 1 aromatic carbocycles. The number of hydrogen-bond donors (Lipinski definition) is 1. The van der Waals surface area contributed by atoms with E-state index in [4.69, 9.17) is 9.57 Å². The van der Waals surface area contributed by atoms with E-state index in [1.807, 2.05) is 24.3 Å². The number of nitrogens with zero attached hydrogens (tertiary/aromatic N) is 1. The van der Waals surface area contributed by atoms with Gasteiger partial charge in [-0.2, -0.15) is 0 Å². The van der Waals surface area contributed by atoms with Crippen LogP contribution in [0.5, 0.6) is 5.75 Å². The summed E-state index contributed by atoms with van der Waals surface area (Å²) in [6, 6.07) is 7.52. The molecule has 1 amide bonds. The highest BCUT2D eigenvalue weighted by Crippen LogP contribution is 2.29. The number of carbonyl (C=O) groups excluding carboxylic acids is 1. The number of hydrogen-bond acceptors (Lipinski definition) is 4. The van der Waals surface area contributed by atoms with Crippen molar-refractivity contribution in [2.45, 2.75) is 18.8 Å². The van der Waals surface area contributed by atoms with E-state index >= 15 is 0 Å². The fraction of sp³-hybridized carbons (Fsp3) is 0.500. The quantitative estimate of drug-likeness (QED) is 0.762. The van der Waals surface area contributed by atoms with Gasteiger partial charge in [0.05, 0.1) is 20.8 Å². The third kappa shape index (κ3) is 4.22. The molecule has 0 heterocycles. The summed E-state index contributed by atoms with van der Waals surface area (Å²) < 4.78 is 5.27. The second-order valence-electron chi connectivity index (χ2n) is 4.23. The molecule has 0 fully saturated rings. The van der Waals surface area contributed by atoms with Crippen molar-refractivity contribution in [1.29, 1.82) is 0 Å². The zero-order valence-electron chi connectivity index (χ0n) is 11.6. The molecule has 0 bridgehead atoms. The van der Waals surface area contributed by atoms with E-state index in [1.165, 1.54) is 12.2 Å². The third-order valence-corrected chi connectivity index (χ3v) is 3.13. The first-order valence-corrected chi connectivity index (χ1v) is 6.18. The molecule has 0 saturated carbocycles. The summed E-state index contributed by atoms with van der Waals surface area (Å²) >= 11 is 0. The van der Waals surface area contributed by atoms with Crippen molar-refractivity contribution in [3.8, 4) is 5.75 Å². The van der Waals surface area contributed by atoms with Crippen molar-refractivity contribution in [3.63, 3.8) is 0 Å². The number of rotatable bonds is 7. The van der Waals surface area contributed by atoms with Crippen LogP contribution in [0.25, 0.3) is 0 Å². The van der Waals surface area contributed by atoms with E-state index in [9.17, 15) is 9.90 Å². The number of aliphatic hydroxyl groups is 1. The summed E-state index contributed by atoms with van der Waals surface area (Å²) in [6.45, 7) is -0.0235. The van der Waals surface area contributed by atoms with Gasteiger partial charge in [-0.15, -0.1) is 0 Å². The molecule has 1 N–H and O–H groups in total. The Morgan fingerprint density at radius 3 is 2.63 bits per heavy atom. The van der Waals surface area contributed by atoms with Crippen LogP contribution in [-0.4, -0.2) is 44.0 Å². The van der Waals surface area contributed by atoms with Crippen LogP contribution in [0.1, 0.15) is 24.3 Å². The van der Waals surface area contributed by atoms with Crippen LogP contribution in [0.2, 0.25) is 0 Å². The van der Waals surface area contributed by atoms with Crippen LogP contribution in [0, 0.1) is 0 Å². The summed E-state index contributed by atoms with van der Waals surface area (Å²) in [6.07, 6.45) is 0.858. The molecule has 1 aromatic rings. The molecule has 0 radical (unpaired) electrons. The molecule has 0 spiro atoms. The van der Waals surface area contributed by atoms with Gasteiger partial charge in [0.15, 0.2) is 0 Å². The van der Waals surface area contributed by atoms with Crippen LogP contribution >= 0.6 is 0 Å². The standard InChI is InChI=1S/C14H21NO4/c1-15(19-3)14(17)9-8-11(10-16)12-6-4-5-7-13(12)18-2/h4-7,11,16H,8-10H2,1-3H3. The largest absolute Gasteiger partial charge is 0.496 e. The first-order valence-electron chi connectivity index (χ1n) is 6.18. The average Bonchev–Trinajstić information content (AvgIpc) is 2.47. The lowest BCUT2D eigenvalue weighted by Gasteiger charge is -2.19. The van der Waals surface area contributed by atoms with E-state index in [2.05, 4.69) is 0 Å². The molecule has 1 rings (SSSR count). The topological polar surface area (TPSA) is 59.0 Å². The maximum absolute atomic E-state index is 11.7. The highest BCUT2D eigenvalue weighted by atomic mass is 16.7. The van der Waals surface area contributed by atoms with Crippen molar-refractivity contribution in [2.24, 2.45) is 0 Å². The minimum atomic E-state index is -0.120. The van der Waals surface area contributed by atoms with Crippen molar-refractivity contribution in [2.75, 3.05) is 27.9 Å². The predicted octanol–water partition coefficient (Wildman–Crippen LogP) is 1.57. The molecule has 1 atom stereocenters. The lowest BCUT2D eigenvalue weighted by atomic mass is 9.94. The minimum Gasteiger partial charge on any atom is -0.496 e. The SMILES string of the molecule is COc1ccccc1C(CO)CCC(=O)N(C)OC. The van der Waals surface area contributed by atoms with E-state index in [0.29, 0.717) is 12.8 Å². The molecule has 1 unspecified atom stereocenters. The molecule has 0 aliphatic heterocycles. The van der Waals surface area contributed by atoms with Crippen LogP contribution in [0.3, 0.4) is 0 Å². The molecule has 0 aliphatic carbocycles. The average molecular weight is 267 g/mol. The smallest absolute Gasteiger partial charge is 0.245 e. The van der Waals surface area contributed by atoms with E-state index in [0.717, 1.165) is 11.3 Å². The molecule has 5 nitrogen and oxygen atoms in total. The summed E-state index contributed by atoms with van der Waals surface area (Å²) in [4.78, 5) is 16.5. The van der Waals surface area contributed by atoms with Gasteiger partial charge in [-0.25, -0.2) is 5.06 Å². The van der Waals surface area contributed by atoms with Gasteiger partial charge in [0.25, 0.3) is 0 Å². The Bertz CT molecular complexity index is 408. The summed E-state index contributed by atoms with van der Waals surface area (Å²) in [5.41, 5.74) is 0.917. The fourth-order valence-corrected chi connectivity index (χ4v) is 1.91. The Labute approximate surface area is 113 Å². The van der Waals surface area contributed by atoms with Crippen molar-refractivity contribution < 1.29 is 19.5 Å². The highest BCUT2D eigenvalue weighted by molar-refractivity contribution is 5.74. The van der Waals surface area contributed by atoms with E-state index < -0.39 is 0 Å². The van der Waals surface area contributed by atoms with Gasteiger partial charge in [0.2, 0.25) is 5.91 Å². The number of methoxy groups -OCH3 is 1. The molecule has 0 aliphatic rings. The molecule has 0 aromatic heterocycles. The number of para-hydroxylation sites is 1. The summed E-state index contributed by atoms with van der Waals surface area (Å²) in [5.74, 6) is 0.496. The maximum atomic E-state index is 11.7. The van der Waals surface area contributed by atoms with E-state index in [-0.39, 0.29) is 18.4 Å². The maximum Gasteiger partial charge on any atom is 0.245 e. The summed E-state index contributed by atoms with van der Waals surface area (Å²) in [7, 11) is 4.61. The molecule has 5 heteroatoms. The van der Waals surface area contributed by atoms with E-state index in [1.54, 1.807) is 14.2 Å². The first-order chi connectivity index (χ1) is 9.13. The zero-order valence-corrected chi connectivity index (χ0v) is 11.6. The number of hydroxylamine groups is 2. The summed E-state index contributed by atoms with van der Waals surface area (Å²) in [5, 5.41) is 10.7. The van der Waals surface area contributed by atoms with Gasteiger partial charge in [0.1, 0.15) is 5.75 Å². The van der Waals surface area contributed by atoms with Crippen LogP contribution in [0.15, 0.2) is 24.3 Å². The monoisotopic (exact) mass is 267 g/mol. The van der Waals surface area contributed by atoms with Gasteiger partial charge >= 0.3 is 0 Å². The third-order valence-electron chi connectivity index (χ3n) is 3.13. The van der Waals surface area contributed by atoms with Gasteiger partial charge < -0.3 is 9.84 Å². The lowest BCUT2D eigenvalue weighted by Crippen LogP contribution is -2.25. The Balaban J connectivity index is 2.70. The molecule has 106 valence electrons. The Hall–Kier alpha value is -1.59. The number of ether oxygens (including phenoxy) is 1. The van der Waals surface area contributed by atoms with Crippen molar-refractivity contribution >= 4 is 5.91 Å². The predicted molar refractivity (Wildman–Crippen MR) is 71.8 cm³/mol. The number of amides is 1. The number of carbonyl (C=O) groups is 1. The minimum absolute atomic E-state index is 0.0235. The van der Waals surface area contributed by atoms with Gasteiger partial charge in [-0.1, -0.05) is 18.2 Å². The Morgan fingerprint density at radius 2 is 2.05 bits per heavy atom. The van der Waals surface area contributed by atoms with Gasteiger partial charge in [-0.05, 0) is 18.1 Å². The zero-order chi connectivity index (χ0) is 14.3. The normalized spacial score (nSPS) is 12.0. The molecular weight excluding hydrogens is 246 g/mol. The van der Waals surface area contributed by atoms with Crippen molar-refractivity contribution in [3.05, 3.63) is 29.8 Å². The number of benzene rings is 1. The second kappa shape index (κ2) is 7.76. The first kappa shape index (κ1) is 15.5.